The molecule has 1 fully saturated rings. The molecule has 0 saturated carbocycles. The summed E-state index contributed by atoms with van der Waals surface area (Å²) in [6.45, 7) is 18.2. The van der Waals surface area contributed by atoms with Gasteiger partial charge in [-0.05, 0) is 37.8 Å². The summed E-state index contributed by atoms with van der Waals surface area (Å²) in [6, 6.07) is -0.595. The Labute approximate surface area is 357 Å². The third-order valence-electron chi connectivity index (χ3n) is 12.9. The molecule has 5 bridgehead atoms. The first kappa shape index (κ1) is 45.5. The Bertz CT molecular complexity index is 2170. The highest BCUT2D eigenvalue weighted by Crippen LogP contribution is 2.51. The van der Waals surface area contributed by atoms with Gasteiger partial charge in [-0.25, -0.2) is 0 Å². The summed E-state index contributed by atoms with van der Waals surface area (Å²) >= 11 is 0. The third kappa shape index (κ3) is 7.99. The minimum absolute atomic E-state index is 0.00893. The minimum atomic E-state index is -1.98. The van der Waals surface area contributed by atoms with Crippen molar-refractivity contribution in [1.82, 2.24) is 15.5 Å². The number of esters is 1. The number of rotatable bonds is 10. The van der Waals surface area contributed by atoms with Crippen LogP contribution >= 0.6 is 0 Å². The van der Waals surface area contributed by atoms with Gasteiger partial charge in [0.15, 0.2) is 0 Å². The number of carbonyl (C=O) groups is 4. The van der Waals surface area contributed by atoms with E-state index in [2.05, 4.69) is 35.3 Å². The number of aromatic hydroxyl groups is 1. The van der Waals surface area contributed by atoms with Gasteiger partial charge in [0.05, 0.1) is 47.1 Å². The van der Waals surface area contributed by atoms with E-state index in [1.54, 1.807) is 13.0 Å². The van der Waals surface area contributed by atoms with Gasteiger partial charge in [-0.2, -0.15) is 0 Å². The summed E-state index contributed by atoms with van der Waals surface area (Å²) in [5.41, 5.74) is -1.18. The molecule has 1 aromatic rings. The number of nitrogens with one attached hydrogen (secondary N) is 2. The molecule has 4 aliphatic heterocycles. The number of aliphatic hydroxyl groups is 2. The molecule has 6 rings (SSSR count). The van der Waals surface area contributed by atoms with E-state index in [9.17, 15) is 34.5 Å². The second kappa shape index (κ2) is 17.0. The Balaban J connectivity index is 1.68. The van der Waals surface area contributed by atoms with E-state index in [1.807, 2.05) is 20.8 Å². The molecule has 15 heteroatoms. The number of amides is 1. The first-order chi connectivity index (χ1) is 28.6. The number of phenolic OH excluding ortho intramolecular Hbond substituents is 1. The highest BCUT2D eigenvalue weighted by molar-refractivity contribution is 6.34. The quantitative estimate of drug-likeness (QED) is 0.128. The Hall–Kier alpha value is -5.01. The molecule has 1 amide bonds. The molecule has 0 aromatic heterocycles. The number of hydrogen-bond acceptors (Lipinski definition) is 14. The van der Waals surface area contributed by atoms with E-state index in [-0.39, 0.29) is 68.9 Å². The van der Waals surface area contributed by atoms with Crippen molar-refractivity contribution in [2.24, 2.45) is 34.6 Å². The van der Waals surface area contributed by atoms with Crippen molar-refractivity contribution in [1.29, 1.82) is 0 Å². The van der Waals surface area contributed by atoms with Gasteiger partial charge in [-0.1, -0.05) is 47.5 Å². The van der Waals surface area contributed by atoms with Crippen LogP contribution in [0.15, 0.2) is 40.4 Å². The zero-order valence-electron chi connectivity index (χ0n) is 36.9. The maximum Gasteiger partial charge on any atom is 0.312 e. The number of nitrogens with zero attached hydrogens (tertiary/aromatic N) is 2. The van der Waals surface area contributed by atoms with Crippen molar-refractivity contribution < 1.29 is 53.4 Å². The van der Waals surface area contributed by atoms with Gasteiger partial charge in [0.1, 0.15) is 29.0 Å². The second-order valence-electron chi connectivity index (χ2n) is 18.1. The first-order valence-electron chi connectivity index (χ1n) is 21.0. The maximum atomic E-state index is 14.8. The molecule has 2 unspecified atom stereocenters. The fourth-order valence-corrected chi connectivity index (χ4v) is 9.69. The highest BCUT2D eigenvalue weighted by Gasteiger charge is 2.57. The summed E-state index contributed by atoms with van der Waals surface area (Å²) in [5, 5.41) is 42.2. The maximum absolute atomic E-state index is 14.8. The van der Waals surface area contributed by atoms with E-state index in [4.69, 9.17) is 30.4 Å². The lowest BCUT2D eigenvalue weighted by molar-refractivity contribution is -0.170. The van der Waals surface area contributed by atoms with Crippen LogP contribution in [-0.2, 0) is 23.8 Å². The van der Waals surface area contributed by atoms with Gasteiger partial charge in [0, 0.05) is 87.4 Å². The number of likely N-dealkylation sites (tertiary alicyclic amines) is 1. The van der Waals surface area contributed by atoms with Crippen molar-refractivity contribution in [3.8, 4) is 23.8 Å². The highest BCUT2D eigenvalue weighted by atomic mass is 16.7. The Morgan fingerprint density at radius 3 is 2.46 bits per heavy atom. The number of benzene rings is 1. The van der Waals surface area contributed by atoms with Gasteiger partial charge in [-0.15, -0.1) is 6.42 Å². The lowest BCUT2D eigenvalue weighted by atomic mass is 9.70. The SMILES string of the molecule is C#C/C=C(\C)C(=O)NC1=C2NC34CCN(CC(C)C)C(C3)[C@H]([C@H](O)[C@H](C)[C@@H](O)C(C)C)[C@H](OC(C)=O)[C@H](C)[C@@H](OC)/C=C/O[C@@]3(C)Oc5c(C)c(O)c(c(c5C3=O)C2=N4)C1=O. The number of allylic oxidation sites excluding steroid dienone is 3. The number of ether oxygens (including phenoxy) is 4. The molecule has 5 aliphatic rings. The lowest BCUT2D eigenvalue weighted by Gasteiger charge is -2.51. The van der Waals surface area contributed by atoms with E-state index in [1.165, 1.54) is 47.1 Å². The number of Topliss-reactive ketones (excluding diaryl/α,β-unsaturated/α-hetero) is 2. The van der Waals surface area contributed by atoms with Crippen molar-refractivity contribution >= 4 is 29.2 Å². The number of ketones is 2. The first-order valence-corrected chi connectivity index (χ1v) is 21.0. The normalized spacial score (nSPS) is 30.6. The van der Waals surface area contributed by atoms with Crippen LogP contribution in [0.1, 0.15) is 107 Å². The van der Waals surface area contributed by atoms with Crippen LogP contribution in [0.2, 0.25) is 0 Å². The van der Waals surface area contributed by atoms with Gasteiger partial charge in [0.25, 0.3) is 11.7 Å². The van der Waals surface area contributed by atoms with Crippen LogP contribution in [0.4, 0.5) is 0 Å². The zero-order chi connectivity index (χ0) is 45.0. The number of aliphatic imine (C=N–C) groups is 1. The lowest BCUT2D eigenvalue weighted by Crippen LogP contribution is -2.63. The van der Waals surface area contributed by atoms with Crippen LogP contribution in [0.25, 0.3) is 0 Å². The van der Waals surface area contributed by atoms with Crippen LogP contribution in [0.5, 0.6) is 11.5 Å². The summed E-state index contributed by atoms with van der Waals surface area (Å²) in [7, 11) is 1.49. The molecule has 1 spiro atoms. The van der Waals surface area contributed by atoms with E-state index in [0.717, 1.165) is 0 Å². The van der Waals surface area contributed by atoms with E-state index in [0.29, 0.717) is 19.5 Å². The summed E-state index contributed by atoms with van der Waals surface area (Å²) in [6.07, 6.45) is 6.13. The molecule has 10 atom stereocenters. The van der Waals surface area contributed by atoms with Gasteiger partial charge in [0.2, 0.25) is 5.78 Å². The van der Waals surface area contributed by atoms with Crippen LogP contribution in [0.3, 0.4) is 0 Å². The molecule has 4 heterocycles. The molecule has 1 aliphatic carbocycles. The van der Waals surface area contributed by atoms with Crippen LogP contribution in [0, 0.1) is 48.9 Å². The largest absolute Gasteiger partial charge is 0.507 e. The average molecular weight is 845 g/mol. The van der Waals surface area contributed by atoms with Gasteiger partial charge in [-0.3, -0.25) is 29.1 Å². The van der Waals surface area contributed by atoms with Crippen molar-refractivity contribution in [2.45, 2.75) is 124 Å². The van der Waals surface area contributed by atoms with Crippen molar-refractivity contribution in [3.63, 3.8) is 0 Å². The van der Waals surface area contributed by atoms with Crippen molar-refractivity contribution in [3.05, 3.63) is 57.6 Å². The van der Waals surface area contributed by atoms with Crippen LogP contribution in [-0.4, -0.2) is 111 Å². The average Bonchev–Trinajstić information content (AvgIpc) is 3.69. The Kier molecular flexibility index (Phi) is 12.7. The Morgan fingerprint density at radius 2 is 1.85 bits per heavy atom. The number of phenols is 1. The minimum Gasteiger partial charge on any atom is -0.507 e. The summed E-state index contributed by atoms with van der Waals surface area (Å²) in [4.78, 5) is 63.8. The number of hydrogen-bond donors (Lipinski definition) is 5. The second-order valence-corrected chi connectivity index (χ2v) is 18.1. The molecule has 1 aromatic carbocycles. The molecule has 61 heavy (non-hydrogen) atoms. The molecule has 5 N–H and O–H groups in total. The van der Waals surface area contributed by atoms with Gasteiger partial charge >= 0.3 is 11.8 Å². The molecule has 15 nitrogen and oxygen atoms in total. The zero-order valence-corrected chi connectivity index (χ0v) is 36.9. The number of piperidine rings is 1. The predicted octanol–water partition coefficient (Wildman–Crippen LogP) is 4.06. The van der Waals surface area contributed by atoms with Crippen LogP contribution < -0.4 is 15.4 Å². The fourth-order valence-electron chi connectivity index (χ4n) is 9.69. The van der Waals surface area contributed by atoms with Crippen molar-refractivity contribution in [2.75, 3.05) is 20.2 Å². The summed E-state index contributed by atoms with van der Waals surface area (Å²) in [5.74, 6) is -5.02. The number of fused-ring (bicyclic) bond motifs is 2. The molecule has 0 radical (unpaired) electrons. The number of aliphatic hydroxyl groups excluding tert-OH is 2. The fraction of sp³-hybridized carbons (Fsp3) is 0.587. The van der Waals surface area contributed by atoms with E-state index >= 15 is 0 Å². The predicted molar refractivity (Wildman–Crippen MR) is 225 cm³/mol. The number of terminal acetylenes is 1. The number of methoxy groups -OCH3 is 1. The standard InChI is InChI=1S/C46H60N4O11/c1-13-14-23(6)44(57)47-36-35-34-31-32(40(36)55)39(54)26(9)42-33(31)43(56)45(11,61-42)59-18-15-29(58-12)24(7)41(60-27(10)51)30(38(53)25(8)37(52)22(4)5)28-19-46(48-34,49-35)16-17-50(28)20-21(2)3/h1,14-15,18,21-22,24-25,28-30,37-38,41,49,52-54H,16-17,19-20H2,2-12H3,(H,47,57)/b18-15+,23-14+/t24-,25-,28?,29+,30-,37+,38-,41-,45+,46?/m1/s1. The topological polar surface area (TPSA) is 206 Å². The molecular formula is C46H60N4O11. The molecule has 330 valence electrons. The monoisotopic (exact) mass is 844 g/mol. The smallest absolute Gasteiger partial charge is 0.312 e. The third-order valence-corrected chi connectivity index (χ3v) is 12.9. The number of carbonyl (C=O) groups excluding carboxylic acids is 4. The van der Waals surface area contributed by atoms with Gasteiger partial charge < -0.3 is 44.9 Å². The molecule has 1 saturated heterocycles. The Morgan fingerprint density at radius 1 is 1.16 bits per heavy atom. The molecular weight excluding hydrogens is 785 g/mol. The van der Waals surface area contributed by atoms with E-state index < -0.39 is 88.9 Å². The summed E-state index contributed by atoms with van der Waals surface area (Å²) < 4.78 is 24.6.